The highest BCUT2D eigenvalue weighted by Crippen LogP contribution is 2.36. The molecule has 0 aliphatic carbocycles. The molecule has 1 atom stereocenters. The third-order valence-corrected chi connectivity index (χ3v) is 4.80. The summed E-state index contributed by atoms with van der Waals surface area (Å²) in [6.45, 7) is 0. The first-order valence-electron chi connectivity index (χ1n) is 6.77. The average Bonchev–Trinajstić information content (AvgIpc) is 2.56. The minimum atomic E-state index is -1.81. The maximum absolute atomic E-state index is 12.1. The van der Waals surface area contributed by atoms with E-state index < -0.39 is 7.65 Å². The first kappa shape index (κ1) is 12.3. The number of hydrogen-bond acceptors (Lipinski definition) is 2. The van der Waals surface area contributed by atoms with Gasteiger partial charge in [-0.05, 0) is 40.0 Å². The zero-order valence-electron chi connectivity index (χ0n) is 11.2. The van der Waals surface area contributed by atoms with Gasteiger partial charge in [0, 0.05) is 10.8 Å². The van der Waals surface area contributed by atoms with Crippen molar-refractivity contribution in [1.29, 1.82) is 0 Å². The van der Waals surface area contributed by atoms with Crippen LogP contribution < -0.4 is 0 Å². The zero-order valence-corrected chi connectivity index (χ0v) is 12.1. The predicted octanol–water partition coefficient (Wildman–Crippen LogP) is 6.00. The van der Waals surface area contributed by atoms with Gasteiger partial charge >= 0.3 is 7.65 Å². The van der Waals surface area contributed by atoms with Crippen molar-refractivity contribution >= 4 is 29.1 Å². The van der Waals surface area contributed by atoms with Gasteiger partial charge in [-0.1, -0.05) is 48.5 Å². The van der Waals surface area contributed by atoms with Crippen LogP contribution in [0.3, 0.4) is 0 Å². The van der Waals surface area contributed by atoms with E-state index >= 15 is 0 Å². The van der Waals surface area contributed by atoms with Crippen molar-refractivity contribution in [3.8, 4) is 11.1 Å². The summed E-state index contributed by atoms with van der Waals surface area (Å²) >= 11 is 0. The van der Waals surface area contributed by atoms with Gasteiger partial charge in [0.15, 0.2) is 5.58 Å². The number of hydrogen-bond donors (Lipinski definition) is 0. The lowest BCUT2D eigenvalue weighted by atomic mass is 10.0. The lowest BCUT2D eigenvalue weighted by Gasteiger charge is -2.03. The van der Waals surface area contributed by atoms with Crippen LogP contribution in [0.1, 0.15) is 0 Å². The lowest BCUT2D eigenvalue weighted by Crippen LogP contribution is -1.80. The number of fused-ring (bicyclic) bond motifs is 3. The Morgan fingerprint density at radius 2 is 1.48 bits per heavy atom. The van der Waals surface area contributed by atoms with Crippen LogP contribution in [-0.2, 0) is 4.57 Å². The Morgan fingerprint density at radius 3 is 2.33 bits per heavy atom. The molecule has 0 radical (unpaired) electrons. The topological polar surface area (TPSA) is 30.2 Å². The zero-order chi connectivity index (χ0) is 14.2. The van der Waals surface area contributed by atoms with Crippen molar-refractivity contribution < 1.29 is 8.76 Å². The second kappa shape index (κ2) is 4.83. The van der Waals surface area contributed by atoms with Crippen molar-refractivity contribution in [3.63, 3.8) is 0 Å². The second-order valence-corrected chi connectivity index (χ2v) is 6.12. The van der Waals surface area contributed by atoms with Crippen LogP contribution >= 0.6 is 7.65 Å². The molecule has 4 aromatic rings. The lowest BCUT2D eigenvalue weighted by molar-refractivity contribution is 0.563. The highest BCUT2D eigenvalue weighted by molar-refractivity contribution is 7.37. The number of benzene rings is 3. The van der Waals surface area contributed by atoms with E-state index in [1.54, 1.807) is 0 Å². The average molecular weight is 291 g/mol. The van der Waals surface area contributed by atoms with Crippen LogP contribution in [0, 0.1) is 0 Å². The van der Waals surface area contributed by atoms with Gasteiger partial charge in [-0.25, -0.2) is 4.20 Å². The molecule has 0 saturated carbocycles. The van der Waals surface area contributed by atoms with Gasteiger partial charge in [0.1, 0.15) is 0 Å². The monoisotopic (exact) mass is 291 g/mol. The second-order valence-electron chi connectivity index (χ2n) is 4.94. The summed E-state index contributed by atoms with van der Waals surface area (Å²) in [5.41, 5.74) is 2.98. The van der Waals surface area contributed by atoms with Gasteiger partial charge in [-0.15, -0.1) is 0 Å². The Bertz CT molecular complexity index is 1000. The summed E-state index contributed by atoms with van der Waals surface area (Å²) < 4.78 is 17.7. The van der Waals surface area contributed by atoms with Gasteiger partial charge in [0.2, 0.25) is 5.12 Å². The highest BCUT2D eigenvalue weighted by Gasteiger charge is 2.16. The molecule has 0 amide bonds. The SMILES string of the molecule is O=[p+]1oc2ccc(-c3ccccc3)cc2c2ccccc21. The predicted molar refractivity (Wildman–Crippen MR) is 86.8 cm³/mol. The smallest absolute Gasteiger partial charge is 0.250 e. The van der Waals surface area contributed by atoms with Crippen molar-refractivity contribution in [3.05, 3.63) is 72.8 Å². The molecule has 0 saturated heterocycles. The molecule has 21 heavy (non-hydrogen) atoms. The van der Waals surface area contributed by atoms with Gasteiger partial charge in [-0.3, -0.25) is 0 Å². The summed E-state index contributed by atoms with van der Waals surface area (Å²) in [7, 11) is -1.81. The quantitative estimate of drug-likeness (QED) is 0.403. The van der Waals surface area contributed by atoms with Crippen LogP contribution in [0.25, 0.3) is 32.6 Å². The molecule has 1 aromatic heterocycles. The van der Waals surface area contributed by atoms with E-state index in [9.17, 15) is 4.57 Å². The van der Waals surface area contributed by atoms with E-state index in [2.05, 4.69) is 18.2 Å². The maximum Gasteiger partial charge on any atom is 0.597 e. The minimum Gasteiger partial charge on any atom is -0.250 e. The Balaban J connectivity index is 2.10. The summed E-state index contributed by atoms with van der Waals surface area (Å²) in [6.07, 6.45) is 0. The summed E-state index contributed by atoms with van der Waals surface area (Å²) in [5, 5.41) is 2.77. The fourth-order valence-electron chi connectivity index (χ4n) is 2.63. The summed E-state index contributed by atoms with van der Waals surface area (Å²) in [6, 6.07) is 23.9. The van der Waals surface area contributed by atoms with Crippen LogP contribution in [0.15, 0.2) is 77.0 Å². The Morgan fingerprint density at radius 1 is 0.714 bits per heavy atom. The van der Waals surface area contributed by atoms with Crippen molar-refractivity contribution in [1.82, 2.24) is 0 Å². The Labute approximate surface area is 122 Å². The van der Waals surface area contributed by atoms with E-state index in [0.29, 0.717) is 5.58 Å². The van der Waals surface area contributed by atoms with Crippen LogP contribution in [-0.4, -0.2) is 0 Å². The van der Waals surface area contributed by atoms with Crippen molar-refractivity contribution in [2.24, 2.45) is 0 Å². The van der Waals surface area contributed by atoms with E-state index in [1.807, 2.05) is 54.6 Å². The van der Waals surface area contributed by atoms with E-state index in [1.165, 1.54) is 0 Å². The molecule has 4 rings (SSSR count). The van der Waals surface area contributed by atoms with Crippen LogP contribution in [0.2, 0.25) is 0 Å². The summed E-state index contributed by atoms with van der Waals surface area (Å²) in [5.74, 6) is 0. The van der Waals surface area contributed by atoms with E-state index in [-0.39, 0.29) is 0 Å². The molecule has 0 N–H and O–H groups in total. The highest BCUT2D eigenvalue weighted by atomic mass is 31.1. The fourth-order valence-corrected chi connectivity index (χ4v) is 3.67. The first-order valence-corrected chi connectivity index (χ1v) is 7.95. The van der Waals surface area contributed by atoms with Crippen molar-refractivity contribution in [2.75, 3.05) is 0 Å². The van der Waals surface area contributed by atoms with Crippen molar-refractivity contribution in [2.45, 2.75) is 0 Å². The Kier molecular flexibility index (Phi) is 2.83. The summed E-state index contributed by atoms with van der Waals surface area (Å²) in [4.78, 5) is 0. The van der Waals surface area contributed by atoms with Crippen LogP contribution in [0.5, 0.6) is 0 Å². The molecular weight excluding hydrogens is 279 g/mol. The molecule has 0 bridgehead atoms. The van der Waals surface area contributed by atoms with Gasteiger partial charge in [0.25, 0.3) is 0 Å². The van der Waals surface area contributed by atoms with Gasteiger partial charge in [0.05, 0.1) is 0 Å². The first-order chi connectivity index (χ1) is 10.3. The molecule has 3 heteroatoms. The standard InChI is InChI=1S/C18H12O2P/c19-21-18-9-5-4-8-15(18)16-12-14(10-11-17(16)20-21)13-6-2-1-3-7-13/h1-12H/q+1. The third-order valence-electron chi connectivity index (χ3n) is 3.66. The molecule has 0 aliphatic heterocycles. The number of rotatable bonds is 1. The fraction of sp³-hybridized carbons (Fsp3) is 0. The molecule has 100 valence electrons. The van der Waals surface area contributed by atoms with E-state index in [0.717, 1.165) is 27.0 Å². The largest absolute Gasteiger partial charge is 0.597 e. The van der Waals surface area contributed by atoms with Gasteiger partial charge < -0.3 is 0 Å². The Hall–Kier alpha value is -2.44. The molecule has 1 heterocycles. The van der Waals surface area contributed by atoms with E-state index in [4.69, 9.17) is 4.20 Å². The molecule has 1 unspecified atom stereocenters. The minimum absolute atomic E-state index is 0.689. The maximum atomic E-state index is 12.1. The molecular formula is C18H12O2P+. The molecule has 0 aliphatic rings. The molecule has 3 aromatic carbocycles. The molecule has 0 fully saturated rings. The van der Waals surface area contributed by atoms with Gasteiger partial charge in [-0.2, -0.15) is 0 Å². The molecule has 2 nitrogen and oxygen atoms in total. The molecule has 0 spiro atoms. The third kappa shape index (κ3) is 2.05. The normalized spacial score (nSPS) is 11.9. The van der Waals surface area contributed by atoms with Crippen LogP contribution in [0.4, 0.5) is 0 Å².